The maximum atomic E-state index is 12.2. The van der Waals surface area contributed by atoms with Crippen molar-refractivity contribution in [3.05, 3.63) is 23.8 Å². The van der Waals surface area contributed by atoms with E-state index < -0.39 is 0 Å². The first kappa shape index (κ1) is 16.1. The lowest BCUT2D eigenvalue weighted by atomic mass is 10.1. The van der Waals surface area contributed by atoms with E-state index in [-0.39, 0.29) is 17.7 Å². The minimum Gasteiger partial charge on any atom is -0.497 e. The van der Waals surface area contributed by atoms with E-state index in [0.717, 1.165) is 17.1 Å². The van der Waals surface area contributed by atoms with Gasteiger partial charge in [-0.3, -0.25) is 9.59 Å². The normalized spacial score (nSPS) is 17.4. The molecule has 1 fully saturated rings. The van der Waals surface area contributed by atoms with Crippen LogP contribution in [0.15, 0.2) is 18.2 Å². The number of carbonyl (C=O) groups excluding carboxylic acids is 2. The number of rotatable bonds is 6. The van der Waals surface area contributed by atoms with Gasteiger partial charge in [0, 0.05) is 19.5 Å². The van der Waals surface area contributed by atoms with Gasteiger partial charge in [0.25, 0.3) is 0 Å². The number of nitrogens with zero attached hydrogens (tertiary/aromatic N) is 1. The summed E-state index contributed by atoms with van der Waals surface area (Å²) >= 11 is 0. The van der Waals surface area contributed by atoms with E-state index in [4.69, 9.17) is 15.2 Å². The van der Waals surface area contributed by atoms with E-state index in [1.807, 2.05) is 18.2 Å². The van der Waals surface area contributed by atoms with Crippen molar-refractivity contribution in [2.24, 2.45) is 11.7 Å². The quantitative estimate of drug-likeness (QED) is 0.849. The average molecular weight is 306 g/mol. The second-order valence-corrected chi connectivity index (χ2v) is 5.41. The highest BCUT2D eigenvalue weighted by atomic mass is 16.5. The van der Waals surface area contributed by atoms with Gasteiger partial charge in [0.2, 0.25) is 11.8 Å². The molecular formula is C16H22N2O4. The summed E-state index contributed by atoms with van der Waals surface area (Å²) in [5, 5.41) is 0. The number of aryl methyl sites for hydroxylation is 1. The smallest absolute Gasteiger partial charge is 0.222 e. The molecule has 0 radical (unpaired) electrons. The first-order valence-electron chi connectivity index (χ1n) is 7.33. The highest BCUT2D eigenvalue weighted by Crippen LogP contribution is 2.26. The lowest BCUT2D eigenvalue weighted by Gasteiger charge is -2.16. The standard InChI is InChI=1S/C16H22N2O4/c1-21-13-4-5-14(22-2)11(9-13)3-6-15(19)18-8-7-12(10-18)16(17)20/h4-5,9,12H,3,6-8,10H2,1-2H3,(H2,17,20)/t12-/m1/s1. The van der Waals surface area contributed by atoms with Gasteiger partial charge >= 0.3 is 0 Å². The molecule has 120 valence electrons. The van der Waals surface area contributed by atoms with Crippen LogP contribution in [0.1, 0.15) is 18.4 Å². The molecule has 22 heavy (non-hydrogen) atoms. The van der Waals surface area contributed by atoms with Crippen LogP contribution < -0.4 is 15.2 Å². The third kappa shape index (κ3) is 3.69. The van der Waals surface area contributed by atoms with Crippen molar-refractivity contribution in [1.29, 1.82) is 0 Å². The van der Waals surface area contributed by atoms with Crippen LogP contribution in [0.5, 0.6) is 11.5 Å². The topological polar surface area (TPSA) is 81.9 Å². The molecule has 1 aliphatic rings. The van der Waals surface area contributed by atoms with E-state index in [2.05, 4.69) is 0 Å². The Morgan fingerprint density at radius 3 is 2.68 bits per heavy atom. The van der Waals surface area contributed by atoms with Gasteiger partial charge in [-0.05, 0) is 36.6 Å². The zero-order valence-electron chi connectivity index (χ0n) is 13.0. The molecule has 2 rings (SSSR count). The summed E-state index contributed by atoms with van der Waals surface area (Å²) in [6.07, 6.45) is 1.59. The summed E-state index contributed by atoms with van der Waals surface area (Å²) in [7, 11) is 3.20. The molecule has 1 atom stereocenters. The number of primary amides is 1. The van der Waals surface area contributed by atoms with Crippen LogP contribution in [-0.4, -0.2) is 44.0 Å². The summed E-state index contributed by atoms with van der Waals surface area (Å²) in [4.78, 5) is 25.1. The highest BCUT2D eigenvalue weighted by Gasteiger charge is 2.29. The molecule has 0 unspecified atom stereocenters. The van der Waals surface area contributed by atoms with Crippen molar-refractivity contribution in [1.82, 2.24) is 4.90 Å². The van der Waals surface area contributed by atoms with E-state index in [1.165, 1.54) is 0 Å². The van der Waals surface area contributed by atoms with Gasteiger partial charge in [-0.1, -0.05) is 0 Å². The molecule has 0 saturated carbocycles. The molecule has 1 aromatic rings. The van der Waals surface area contributed by atoms with Crippen LogP contribution in [0.4, 0.5) is 0 Å². The maximum Gasteiger partial charge on any atom is 0.222 e. The summed E-state index contributed by atoms with van der Waals surface area (Å²) < 4.78 is 10.5. The van der Waals surface area contributed by atoms with Gasteiger partial charge in [-0.25, -0.2) is 0 Å². The number of likely N-dealkylation sites (tertiary alicyclic amines) is 1. The minimum atomic E-state index is -0.329. The molecule has 2 amide bonds. The Kier molecular flexibility index (Phi) is 5.25. The van der Waals surface area contributed by atoms with Gasteiger partial charge < -0.3 is 20.1 Å². The molecular weight excluding hydrogens is 284 g/mol. The Morgan fingerprint density at radius 1 is 1.32 bits per heavy atom. The van der Waals surface area contributed by atoms with Gasteiger partial charge in [-0.15, -0.1) is 0 Å². The summed E-state index contributed by atoms with van der Waals surface area (Å²) in [5.74, 6) is 0.969. The van der Waals surface area contributed by atoms with Gasteiger partial charge in [0.15, 0.2) is 0 Å². The molecule has 0 spiro atoms. The molecule has 6 heteroatoms. The van der Waals surface area contributed by atoms with Gasteiger partial charge in [0.1, 0.15) is 11.5 Å². The van der Waals surface area contributed by atoms with Crippen LogP contribution in [0, 0.1) is 5.92 Å². The monoisotopic (exact) mass is 306 g/mol. The Morgan fingerprint density at radius 2 is 2.09 bits per heavy atom. The Labute approximate surface area is 130 Å². The number of nitrogens with two attached hydrogens (primary N) is 1. The minimum absolute atomic E-state index is 0.0358. The van der Waals surface area contributed by atoms with Gasteiger partial charge in [0.05, 0.1) is 20.1 Å². The van der Waals surface area contributed by atoms with E-state index in [1.54, 1.807) is 19.1 Å². The van der Waals surface area contributed by atoms with Crippen molar-refractivity contribution in [2.75, 3.05) is 27.3 Å². The third-order valence-corrected chi connectivity index (χ3v) is 4.04. The molecule has 0 aliphatic carbocycles. The summed E-state index contributed by atoms with van der Waals surface area (Å²) in [5.41, 5.74) is 6.22. The van der Waals surface area contributed by atoms with Crippen LogP contribution in [0.3, 0.4) is 0 Å². The number of hydrogen-bond donors (Lipinski definition) is 1. The summed E-state index contributed by atoms with van der Waals surface area (Å²) in [6.45, 7) is 1.03. The average Bonchev–Trinajstić information content (AvgIpc) is 3.02. The fraction of sp³-hybridized carbons (Fsp3) is 0.500. The van der Waals surface area contributed by atoms with Crippen molar-refractivity contribution < 1.29 is 19.1 Å². The Balaban J connectivity index is 1.95. The number of ether oxygens (including phenoxy) is 2. The van der Waals surface area contributed by atoms with Crippen LogP contribution >= 0.6 is 0 Å². The van der Waals surface area contributed by atoms with Crippen LogP contribution in [-0.2, 0) is 16.0 Å². The fourth-order valence-electron chi connectivity index (χ4n) is 2.70. The number of amides is 2. The highest BCUT2D eigenvalue weighted by molar-refractivity contribution is 5.81. The first-order valence-corrected chi connectivity index (χ1v) is 7.33. The molecule has 1 aromatic carbocycles. The second-order valence-electron chi connectivity index (χ2n) is 5.41. The van der Waals surface area contributed by atoms with Crippen molar-refractivity contribution in [3.8, 4) is 11.5 Å². The van der Waals surface area contributed by atoms with E-state index in [9.17, 15) is 9.59 Å². The zero-order chi connectivity index (χ0) is 16.1. The first-order chi connectivity index (χ1) is 10.5. The number of benzene rings is 1. The third-order valence-electron chi connectivity index (χ3n) is 4.04. The SMILES string of the molecule is COc1ccc(OC)c(CCC(=O)N2CC[C@@H](C(N)=O)C2)c1. The molecule has 1 aliphatic heterocycles. The zero-order valence-corrected chi connectivity index (χ0v) is 13.0. The molecule has 1 heterocycles. The number of methoxy groups -OCH3 is 2. The van der Waals surface area contributed by atoms with Crippen molar-refractivity contribution in [2.45, 2.75) is 19.3 Å². The maximum absolute atomic E-state index is 12.2. The van der Waals surface area contributed by atoms with Gasteiger partial charge in [-0.2, -0.15) is 0 Å². The largest absolute Gasteiger partial charge is 0.497 e. The van der Waals surface area contributed by atoms with Crippen molar-refractivity contribution in [3.63, 3.8) is 0 Å². The van der Waals surface area contributed by atoms with Crippen LogP contribution in [0.2, 0.25) is 0 Å². The van der Waals surface area contributed by atoms with Crippen LogP contribution in [0.25, 0.3) is 0 Å². The molecule has 6 nitrogen and oxygen atoms in total. The van der Waals surface area contributed by atoms with E-state index >= 15 is 0 Å². The molecule has 1 saturated heterocycles. The Bertz CT molecular complexity index is 559. The lowest BCUT2D eigenvalue weighted by Crippen LogP contribution is -2.31. The predicted molar refractivity (Wildman–Crippen MR) is 81.7 cm³/mol. The molecule has 0 aromatic heterocycles. The second kappa shape index (κ2) is 7.15. The predicted octanol–water partition coefficient (Wildman–Crippen LogP) is 0.970. The lowest BCUT2D eigenvalue weighted by molar-refractivity contribution is -0.130. The summed E-state index contributed by atoms with van der Waals surface area (Å²) in [6, 6.07) is 5.53. The number of hydrogen-bond acceptors (Lipinski definition) is 4. The number of carbonyl (C=O) groups is 2. The molecule has 2 N–H and O–H groups in total. The Hall–Kier alpha value is -2.24. The fourth-order valence-corrected chi connectivity index (χ4v) is 2.70. The van der Waals surface area contributed by atoms with E-state index in [0.29, 0.717) is 32.4 Å². The molecule has 0 bridgehead atoms. The van der Waals surface area contributed by atoms with Crippen molar-refractivity contribution >= 4 is 11.8 Å².